The zero-order valence-corrected chi connectivity index (χ0v) is 14.9. The molecule has 0 aliphatic heterocycles. The quantitative estimate of drug-likeness (QED) is 0.573. The van der Waals surface area contributed by atoms with Crippen molar-refractivity contribution in [1.29, 1.82) is 0 Å². The first-order valence-corrected chi connectivity index (χ1v) is 8.82. The smallest absolute Gasteiger partial charge is 0.0126 e. The maximum absolute atomic E-state index is 2.49. The molecule has 0 unspecified atom stereocenters. The van der Waals surface area contributed by atoms with Gasteiger partial charge in [-0.1, -0.05) is 71.3 Å². The lowest BCUT2D eigenvalue weighted by atomic mass is 9.94. The Balaban J connectivity index is 3.21. The second-order valence-corrected chi connectivity index (χ2v) is 9.92. The molecule has 0 aliphatic rings. The van der Waals surface area contributed by atoms with Crippen LogP contribution in [0, 0.1) is 0 Å². The lowest BCUT2D eigenvalue weighted by Gasteiger charge is -2.25. The molecule has 0 fully saturated rings. The van der Waals surface area contributed by atoms with Crippen LogP contribution in [0.5, 0.6) is 0 Å². The van der Waals surface area contributed by atoms with Gasteiger partial charge in [0.2, 0.25) is 0 Å². The van der Waals surface area contributed by atoms with Crippen molar-refractivity contribution < 1.29 is 0 Å². The number of unbranched alkanes of at least 4 members (excludes halogenated alkanes) is 1. The van der Waals surface area contributed by atoms with Gasteiger partial charge in [0.1, 0.15) is 0 Å². The van der Waals surface area contributed by atoms with Crippen LogP contribution in [0.1, 0.15) is 76.9 Å². The van der Waals surface area contributed by atoms with Crippen molar-refractivity contribution in [3.63, 3.8) is 0 Å². The summed E-state index contributed by atoms with van der Waals surface area (Å²) in [7, 11) is 2.97. The molecule has 0 aliphatic carbocycles. The van der Waals surface area contributed by atoms with E-state index >= 15 is 0 Å². The molecular formula is C16H28P2. The van der Waals surface area contributed by atoms with Crippen LogP contribution in [0.15, 0.2) is 6.07 Å². The molecule has 0 N–H and O–H groups in total. The third-order valence-corrected chi connectivity index (χ3v) is 7.05. The molecular weight excluding hydrogens is 254 g/mol. The highest BCUT2D eigenvalue weighted by atomic mass is 31.1. The normalized spacial score (nSPS) is 13.7. The van der Waals surface area contributed by atoms with Crippen LogP contribution in [0.3, 0.4) is 0 Å². The maximum Gasteiger partial charge on any atom is 0.0126 e. The molecule has 0 nitrogen and oxygen atoms in total. The molecule has 0 bridgehead atoms. The summed E-state index contributed by atoms with van der Waals surface area (Å²) in [5.41, 5.74) is 0.622. The van der Waals surface area contributed by atoms with Gasteiger partial charge in [-0.25, -0.2) is 0 Å². The third-order valence-electron chi connectivity index (χ3n) is 3.00. The summed E-state index contributed by atoms with van der Waals surface area (Å²) in [6.45, 7) is 16.4. The number of hydrogen-bond acceptors (Lipinski definition) is 0. The van der Waals surface area contributed by atoms with Gasteiger partial charge in [0.15, 0.2) is 0 Å². The molecule has 1 heterocycles. The Morgan fingerprint density at radius 1 is 0.944 bits per heavy atom. The van der Waals surface area contributed by atoms with Gasteiger partial charge in [0.25, 0.3) is 0 Å². The van der Waals surface area contributed by atoms with E-state index in [4.69, 9.17) is 0 Å². The van der Waals surface area contributed by atoms with E-state index in [1.807, 2.05) is 0 Å². The summed E-state index contributed by atoms with van der Waals surface area (Å²) in [6, 6.07) is 2.49. The minimum Gasteiger partial charge on any atom is -0.0654 e. The maximum atomic E-state index is 2.49. The van der Waals surface area contributed by atoms with Crippen LogP contribution in [0.4, 0.5) is 0 Å². The summed E-state index contributed by atoms with van der Waals surface area (Å²) < 4.78 is 0. The number of rotatable bonds is 3. The van der Waals surface area contributed by atoms with E-state index in [2.05, 4.69) is 54.5 Å². The van der Waals surface area contributed by atoms with Crippen molar-refractivity contribution in [3.8, 4) is 0 Å². The summed E-state index contributed by atoms with van der Waals surface area (Å²) in [4.78, 5) is 0. The molecule has 1 rings (SSSR count). The molecule has 0 saturated carbocycles. The van der Waals surface area contributed by atoms with E-state index in [9.17, 15) is 0 Å². The van der Waals surface area contributed by atoms with Crippen LogP contribution < -0.4 is 0 Å². The SMILES string of the molecule is CCCCc1cc(C(C)(C)C)pc(C(C)(C)C)p1. The molecule has 102 valence electrons. The van der Waals surface area contributed by atoms with Crippen molar-refractivity contribution >= 4 is 16.4 Å². The average molecular weight is 282 g/mol. The van der Waals surface area contributed by atoms with E-state index in [1.54, 1.807) is 15.6 Å². The summed E-state index contributed by atoms with van der Waals surface area (Å²) >= 11 is 0. The fraction of sp³-hybridized carbons (Fsp3) is 0.750. The first-order chi connectivity index (χ1) is 8.14. The lowest BCUT2D eigenvalue weighted by Crippen LogP contribution is -2.12. The van der Waals surface area contributed by atoms with Gasteiger partial charge < -0.3 is 0 Å². The molecule has 0 spiro atoms. The third kappa shape index (κ3) is 4.64. The highest BCUT2D eigenvalue weighted by Gasteiger charge is 2.21. The van der Waals surface area contributed by atoms with Gasteiger partial charge in [-0.2, -0.15) is 0 Å². The molecule has 18 heavy (non-hydrogen) atoms. The van der Waals surface area contributed by atoms with E-state index < -0.39 is 0 Å². The minimum atomic E-state index is 0.297. The Labute approximate surface area is 117 Å². The fourth-order valence-electron chi connectivity index (χ4n) is 1.70. The van der Waals surface area contributed by atoms with Crippen molar-refractivity contribution in [1.82, 2.24) is 0 Å². The number of hydrogen-bond donors (Lipinski definition) is 0. The Morgan fingerprint density at radius 2 is 1.56 bits per heavy atom. The van der Waals surface area contributed by atoms with Gasteiger partial charge in [0, 0.05) is 5.03 Å². The van der Waals surface area contributed by atoms with Gasteiger partial charge >= 0.3 is 0 Å². The highest BCUT2D eigenvalue weighted by Crippen LogP contribution is 2.44. The Hall–Kier alpha value is 0.0800. The molecule has 0 atom stereocenters. The molecule has 0 amide bonds. The average Bonchev–Trinajstić information content (AvgIpc) is 2.23. The largest absolute Gasteiger partial charge is 0.0654 e. The Bertz CT molecular complexity index is 362. The summed E-state index contributed by atoms with van der Waals surface area (Å²) in [5.74, 6) is 0. The van der Waals surface area contributed by atoms with E-state index in [1.165, 1.54) is 35.6 Å². The predicted octanol–water partition coefficient (Wildman–Crippen LogP) is 6.78. The van der Waals surface area contributed by atoms with Crippen molar-refractivity contribution in [2.24, 2.45) is 0 Å². The fourth-order valence-corrected chi connectivity index (χ4v) is 4.90. The summed E-state index contributed by atoms with van der Waals surface area (Å²) in [6.07, 6.45) is 3.89. The Kier molecular flexibility index (Phi) is 5.40. The standard InChI is InChI=1S/C16H28P2/c1-8-9-10-12-11-13(15(2,3)4)18-14(17-12)16(5,6)7/h11H,8-10H2,1-7H3. The van der Waals surface area contributed by atoms with Crippen LogP contribution in [-0.2, 0) is 17.3 Å². The topological polar surface area (TPSA) is 0 Å². The Morgan fingerprint density at radius 3 is 2.00 bits per heavy atom. The van der Waals surface area contributed by atoms with Crippen LogP contribution in [0.2, 0.25) is 0 Å². The first kappa shape index (κ1) is 16.1. The van der Waals surface area contributed by atoms with Crippen LogP contribution in [-0.4, -0.2) is 0 Å². The van der Waals surface area contributed by atoms with E-state index in [-0.39, 0.29) is 0 Å². The minimum absolute atomic E-state index is 0.297. The second-order valence-electron chi connectivity index (χ2n) is 7.17. The molecule has 0 radical (unpaired) electrons. The van der Waals surface area contributed by atoms with E-state index in [0.717, 1.165) is 0 Å². The van der Waals surface area contributed by atoms with Crippen molar-refractivity contribution in [2.75, 3.05) is 0 Å². The molecule has 0 aromatic carbocycles. The summed E-state index contributed by atoms with van der Waals surface area (Å²) in [5, 5.41) is 4.89. The second kappa shape index (κ2) is 6.02. The first-order valence-electron chi connectivity index (χ1n) is 7.03. The van der Waals surface area contributed by atoms with Gasteiger partial charge in [-0.3, -0.25) is 0 Å². The zero-order valence-electron chi connectivity index (χ0n) is 13.1. The number of aryl methyl sites for hydroxylation is 1. The van der Waals surface area contributed by atoms with Crippen LogP contribution >= 0.6 is 16.4 Å². The highest BCUT2D eigenvalue weighted by molar-refractivity contribution is 7.47. The van der Waals surface area contributed by atoms with Gasteiger partial charge in [0.05, 0.1) is 0 Å². The lowest BCUT2D eigenvalue weighted by molar-refractivity contribution is 0.598. The van der Waals surface area contributed by atoms with Gasteiger partial charge in [-0.15, -0.1) is 0 Å². The molecule has 2 heteroatoms. The van der Waals surface area contributed by atoms with E-state index in [0.29, 0.717) is 10.8 Å². The monoisotopic (exact) mass is 282 g/mol. The van der Waals surface area contributed by atoms with Crippen molar-refractivity contribution in [2.45, 2.75) is 78.6 Å². The van der Waals surface area contributed by atoms with Crippen molar-refractivity contribution in [3.05, 3.63) is 21.7 Å². The molecule has 1 aromatic heterocycles. The zero-order chi connectivity index (χ0) is 14.0. The van der Waals surface area contributed by atoms with Crippen LogP contribution in [0.25, 0.3) is 0 Å². The predicted molar refractivity (Wildman–Crippen MR) is 87.5 cm³/mol. The van der Waals surface area contributed by atoms with Gasteiger partial charge in [-0.05, 0) is 40.3 Å². The molecule has 1 aromatic rings. The molecule has 0 saturated heterocycles.